The van der Waals surface area contributed by atoms with Gasteiger partial charge in [0.2, 0.25) is 0 Å². The first-order chi connectivity index (χ1) is 19.7. The Kier molecular flexibility index (Phi) is 10.4. The van der Waals surface area contributed by atoms with Gasteiger partial charge in [0.25, 0.3) is 5.91 Å². The van der Waals surface area contributed by atoms with Crippen LogP contribution in [0, 0.1) is 11.3 Å². The van der Waals surface area contributed by atoms with Gasteiger partial charge in [-0.05, 0) is 50.8 Å². The van der Waals surface area contributed by atoms with Crippen LogP contribution in [-0.2, 0) is 20.7 Å². The Bertz CT molecular complexity index is 1270. The van der Waals surface area contributed by atoms with Crippen LogP contribution in [0.15, 0.2) is 46.6 Å². The number of carbonyl (C=O) groups excluding carboxylic acids is 2. The molecule has 4 rings (SSSR count). The maximum Gasteiger partial charge on any atom is 0.475 e. The lowest BCUT2D eigenvalue weighted by atomic mass is 9.76. The highest BCUT2D eigenvalue weighted by molar-refractivity contribution is 6.43. The Balaban J connectivity index is 1.40. The molecule has 2 atom stereocenters. The molecule has 2 amide bonds. The molecule has 0 bridgehead atoms. The van der Waals surface area contributed by atoms with E-state index in [1.165, 1.54) is 6.26 Å². The van der Waals surface area contributed by atoms with Gasteiger partial charge in [-0.15, -0.1) is 0 Å². The molecule has 11 nitrogen and oxygen atoms in total. The Labute approximate surface area is 240 Å². The zero-order valence-corrected chi connectivity index (χ0v) is 23.8. The van der Waals surface area contributed by atoms with Crippen molar-refractivity contribution in [1.29, 1.82) is 5.26 Å². The van der Waals surface area contributed by atoms with Crippen molar-refractivity contribution in [1.82, 2.24) is 15.1 Å². The summed E-state index contributed by atoms with van der Waals surface area (Å²) in [5.41, 5.74) is 0.931. The average Bonchev–Trinajstić information content (AvgIpc) is 3.22. The first kappa shape index (κ1) is 30.6. The summed E-state index contributed by atoms with van der Waals surface area (Å²) < 4.78 is 16.5. The summed E-state index contributed by atoms with van der Waals surface area (Å²) in [6.07, 6.45) is 5.75. The number of hydrogen-bond acceptors (Lipinski definition) is 9. The van der Waals surface area contributed by atoms with Crippen LogP contribution >= 0.6 is 0 Å². The summed E-state index contributed by atoms with van der Waals surface area (Å²) in [7, 11) is -1.83. The topological polar surface area (TPSA) is 148 Å². The number of fused-ring (bicyclic) bond motifs is 1. The molecule has 12 heteroatoms. The van der Waals surface area contributed by atoms with Crippen LogP contribution in [0.2, 0.25) is 0 Å². The van der Waals surface area contributed by atoms with Crippen molar-refractivity contribution in [2.75, 3.05) is 39.5 Å². The fourth-order valence-corrected chi connectivity index (χ4v) is 5.52. The van der Waals surface area contributed by atoms with Crippen LogP contribution in [0.4, 0.5) is 4.79 Å². The number of nitrogens with zero attached hydrogens (tertiary/aromatic N) is 3. The fraction of sp³-hybridized carbons (Fsp3) is 0.552. The Hall–Kier alpha value is -3.37. The first-order valence-corrected chi connectivity index (χ1v) is 14.2. The van der Waals surface area contributed by atoms with E-state index in [0.717, 1.165) is 30.2 Å². The Morgan fingerprint density at radius 3 is 2.71 bits per heavy atom. The normalized spacial score (nSPS) is 19.7. The summed E-state index contributed by atoms with van der Waals surface area (Å²) in [5.74, 6) is -1.41. The Morgan fingerprint density at radius 1 is 1.22 bits per heavy atom. The number of likely N-dealkylation sites (tertiary alicyclic amines) is 1. The molecule has 0 aliphatic carbocycles. The number of morpholine rings is 1. The highest BCUT2D eigenvalue weighted by Gasteiger charge is 2.33. The second-order valence-corrected chi connectivity index (χ2v) is 11.1. The van der Waals surface area contributed by atoms with E-state index in [1.54, 1.807) is 17.0 Å². The summed E-state index contributed by atoms with van der Waals surface area (Å²) in [6, 6.07) is 9.05. The molecular formula is C29H39BN4O7. The molecule has 0 radical (unpaired) electrons. The summed E-state index contributed by atoms with van der Waals surface area (Å²) >= 11 is 0. The van der Waals surface area contributed by atoms with Gasteiger partial charge in [-0.1, -0.05) is 31.0 Å². The predicted molar refractivity (Wildman–Crippen MR) is 153 cm³/mol. The van der Waals surface area contributed by atoms with Crippen LogP contribution in [0.3, 0.4) is 0 Å². The van der Waals surface area contributed by atoms with Gasteiger partial charge in [-0.3, -0.25) is 9.69 Å². The molecule has 2 aliphatic rings. The average molecular weight is 566 g/mol. The smallest absolute Gasteiger partial charge is 0.464 e. The van der Waals surface area contributed by atoms with Crippen molar-refractivity contribution >= 4 is 30.1 Å². The van der Waals surface area contributed by atoms with E-state index in [0.29, 0.717) is 44.9 Å². The molecule has 3 heterocycles. The molecule has 1 aromatic heterocycles. The molecule has 1 aromatic carbocycles. The van der Waals surface area contributed by atoms with E-state index in [2.05, 4.69) is 16.3 Å². The highest BCUT2D eigenvalue weighted by Crippen LogP contribution is 2.24. The van der Waals surface area contributed by atoms with Gasteiger partial charge < -0.3 is 34.2 Å². The number of nitrogens with one attached hydrogen (secondary N) is 1. The summed E-state index contributed by atoms with van der Waals surface area (Å²) in [4.78, 5) is 30.2. The first-order valence-electron chi connectivity index (χ1n) is 14.2. The summed E-state index contributed by atoms with van der Waals surface area (Å²) in [6.45, 7) is 6.98. The molecule has 2 saturated heterocycles. The lowest BCUT2D eigenvalue weighted by molar-refractivity contribution is -0.129. The second kappa shape index (κ2) is 14.0. The zero-order chi connectivity index (χ0) is 29.4. The number of para-hydroxylation sites is 1. The number of hydrogen-bond donors (Lipinski definition) is 3. The summed E-state index contributed by atoms with van der Waals surface area (Å²) in [5, 5.41) is 33.1. The minimum atomic E-state index is -1.83. The van der Waals surface area contributed by atoms with Crippen LogP contribution in [0.25, 0.3) is 11.0 Å². The number of nitriles is 1. The monoisotopic (exact) mass is 566 g/mol. The van der Waals surface area contributed by atoms with Gasteiger partial charge in [-0.25, -0.2) is 4.79 Å². The largest absolute Gasteiger partial charge is 0.475 e. The third-order valence-electron chi connectivity index (χ3n) is 7.88. The van der Waals surface area contributed by atoms with Crippen molar-refractivity contribution in [2.45, 2.75) is 63.5 Å². The van der Waals surface area contributed by atoms with E-state index >= 15 is 0 Å². The van der Waals surface area contributed by atoms with Crippen LogP contribution in [0.5, 0.6) is 0 Å². The maximum absolute atomic E-state index is 13.6. The number of alkyl carbamates (subject to hydrolysis) is 1. The molecule has 41 heavy (non-hydrogen) atoms. The molecular weight excluding hydrogens is 527 g/mol. The predicted octanol–water partition coefficient (Wildman–Crippen LogP) is 2.41. The van der Waals surface area contributed by atoms with Gasteiger partial charge in [0.1, 0.15) is 23.8 Å². The number of rotatable bonds is 9. The molecule has 0 saturated carbocycles. The van der Waals surface area contributed by atoms with Gasteiger partial charge in [-0.2, -0.15) is 5.26 Å². The van der Waals surface area contributed by atoms with Crippen LogP contribution < -0.4 is 5.32 Å². The van der Waals surface area contributed by atoms with Crippen molar-refractivity contribution < 1.29 is 33.5 Å². The minimum Gasteiger partial charge on any atom is -0.464 e. The molecule has 2 aliphatic heterocycles. The van der Waals surface area contributed by atoms with Crippen molar-refractivity contribution in [3.8, 4) is 6.07 Å². The van der Waals surface area contributed by atoms with Crippen LogP contribution in [0.1, 0.15) is 45.1 Å². The number of amides is 2. The Morgan fingerprint density at radius 2 is 1.98 bits per heavy atom. The second-order valence-electron chi connectivity index (χ2n) is 11.1. The lowest BCUT2D eigenvalue weighted by Crippen LogP contribution is -2.50. The SMILES string of the molecule is CC(C)(C=C(C#N)C(=O)N1CCCCCC1COC(=O)N[C@@H](Cc1coc2ccccc12)B(O)O)N1CCOCC1. The molecule has 1 unspecified atom stereocenters. The van der Waals surface area contributed by atoms with E-state index in [1.807, 2.05) is 32.0 Å². The van der Waals surface area contributed by atoms with Gasteiger partial charge in [0, 0.05) is 30.6 Å². The lowest BCUT2D eigenvalue weighted by Gasteiger charge is -2.39. The van der Waals surface area contributed by atoms with Crippen molar-refractivity contribution in [3.63, 3.8) is 0 Å². The molecule has 2 fully saturated rings. The van der Waals surface area contributed by atoms with E-state index in [-0.39, 0.29) is 24.5 Å². The van der Waals surface area contributed by atoms with Crippen LogP contribution in [-0.4, -0.2) is 95.9 Å². The quantitative estimate of drug-likeness (QED) is 0.236. The molecule has 3 N–H and O–H groups in total. The van der Waals surface area contributed by atoms with Gasteiger partial charge in [0.15, 0.2) is 0 Å². The molecule has 220 valence electrons. The minimum absolute atomic E-state index is 0.0636. The van der Waals surface area contributed by atoms with E-state index < -0.39 is 30.7 Å². The molecule has 2 aromatic rings. The van der Waals surface area contributed by atoms with Gasteiger partial charge in [0.05, 0.1) is 31.5 Å². The maximum atomic E-state index is 13.6. The van der Waals surface area contributed by atoms with Crippen molar-refractivity contribution in [3.05, 3.63) is 47.7 Å². The fourth-order valence-electron chi connectivity index (χ4n) is 5.52. The van der Waals surface area contributed by atoms with Gasteiger partial charge >= 0.3 is 13.2 Å². The van der Waals surface area contributed by atoms with Crippen molar-refractivity contribution in [2.24, 2.45) is 0 Å². The molecule has 0 spiro atoms. The highest BCUT2D eigenvalue weighted by atomic mass is 16.5. The zero-order valence-electron chi connectivity index (χ0n) is 23.8. The number of furan rings is 1. The standard InChI is InChI=1S/C29H39BN4O7/c1-29(2,33-12-14-39-15-13-33)17-22(18-31)27(35)34-11-7-3-4-8-23(34)20-41-28(36)32-26(30(37)38)16-21-19-40-25-10-6-5-9-24(21)25/h5-6,9-10,17,19,23,26,37-38H,3-4,7-8,11-16,20H2,1-2H3,(H,32,36)/t23?,26-/m0/s1. The van der Waals surface area contributed by atoms with E-state index in [9.17, 15) is 24.9 Å². The number of benzene rings is 1. The third-order valence-corrected chi connectivity index (χ3v) is 7.88. The third kappa shape index (κ3) is 7.89. The number of carbonyl (C=O) groups is 2. The van der Waals surface area contributed by atoms with E-state index in [4.69, 9.17) is 13.9 Å². The number of ether oxygens (including phenoxy) is 2.